The van der Waals surface area contributed by atoms with Crippen molar-refractivity contribution in [2.24, 2.45) is 0 Å². The zero-order valence-electron chi connectivity index (χ0n) is 15.7. The smallest absolute Gasteiger partial charge is 0.162 e. The van der Waals surface area contributed by atoms with Crippen molar-refractivity contribution in [1.82, 2.24) is 14.5 Å². The van der Waals surface area contributed by atoms with Crippen molar-refractivity contribution in [3.05, 3.63) is 108 Å². The lowest BCUT2D eigenvalue weighted by Gasteiger charge is -2.10. The van der Waals surface area contributed by atoms with Crippen molar-refractivity contribution in [3.63, 3.8) is 0 Å². The Kier molecular flexibility index (Phi) is 4.59. The first-order valence-electron chi connectivity index (χ1n) is 9.49. The maximum atomic E-state index is 6.00. The SMILES string of the molecule is Clc1ccc(Cn2cccc3nc(-c4ccc(-c5ccccc5)cc4)nc2-3)cc1. The van der Waals surface area contributed by atoms with Gasteiger partial charge in [-0.3, -0.25) is 0 Å². The minimum Gasteiger partial charge on any atom is -0.327 e. The second-order valence-corrected chi connectivity index (χ2v) is 7.40. The first kappa shape index (κ1) is 17.7. The second kappa shape index (κ2) is 7.53. The van der Waals surface area contributed by atoms with Gasteiger partial charge in [-0.15, -0.1) is 0 Å². The zero-order chi connectivity index (χ0) is 19.6. The molecule has 0 saturated heterocycles. The summed E-state index contributed by atoms with van der Waals surface area (Å²) in [5, 5.41) is 0.742. The van der Waals surface area contributed by atoms with Crippen LogP contribution in [0, 0.1) is 0 Å². The molecular weight excluding hydrogens is 378 g/mol. The highest BCUT2D eigenvalue weighted by atomic mass is 35.5. The zero-order valence-corrected chi connectivity index (χ0v) is 16.4. The molecule has 3 aromatic rings. The summed E-state index contributed by atoms with van der Waals surface area (Å²) in [5.74, 6) is 1.63. The topological polar surface area (TPSA) is 30.7 Å². The van der Waals surface area contributed by atoms with E-state index in [1.807, 2.05) is 48.7 Å². The van der Waals surface area contributed by atoms with Crippen molar-refractivity contribution in [2.75, 3.05) is 0 Å². The summed E-state index contributed by atoms with van der Waals surface area (Å²) < 4.78 is 2.12. The first-order valence-corrected chi connectivity index (χ1v) is 9.87. The van der Waals surface area contributed by atoms with Gasteiger partial charge in [0.25, 0.3) is 0 Å². The van der Waals surface area contributed by atoms with E-state index < -0.39 is 0 Å². The molecule has 4 heteroatoms. The van der Waals surface area contributed by atoms with Crippen molar-refractivity contribution in [3.8, 4) is 34.0 Å². The average Bonchev–Trinajstić information content (AvgIpc) is 3.22. The van der Waals surface area contributed by atoms with Crippen LogP contribution in [0.25, 0.3) is 34.0 Å². The normalized spacial score (nSPS) is 11.1. The van der Waals surface area contributed by atoms with Gasteiger partial charge in [0, 0.05) is 23.3 Å². The molecule has 0 aliphatic carbocycles. The molecule has 0 atom stereocenters. The summed E-state index contributed by atoms with van der Waals surface area (Å²) in [6.07, 6.45) is 2.04. The largest absolute Gasteiger partial charge is 0.327 e. The highest BCUT2D eigenvalue weighted by molar-refractivity contribution is 6.30. The molecule has 0 aromatic heterocycles. The van der Waals surface area contributed by atoms with E-state index in [1.54, 1.807) is 0 Å². The molecule has 0 spiro atoms. The quantitative estimate of drug-likeness (QED) is 0.351. The number of halogens is 1. The number of nitrogens with zero attached hydrogens (tertiary/aromatic N) is 3. The molecular formula is C25H18ClN3. The summed E-state index contributed by atoms with van der Waals surface area (Å²) in [5.41, 5.74) is 5.46. The Morgan fingerprint density at radius 2 is 1.34 bits per heavy atom. The van der Waals surface area contributed by atoms with Gasteiger partial charge in [-0.2, -0.15) is 0 Å². The van der Waals surface area contributed by atoms with Gasteiger partial charge in [0.15, 0.2) is 11.6 Å². The maximum absolute atomic E-state index is 6.00. The molecule has 29 heavy (non-hydrogen) atoms. The molecule has 3 aromatic carbocycles. The van der Waals surface area contributed by atoms with Crippen LogP contribution in [-0.2, 0) is 6.54 Å². The Labute approximate surface area is 174 Å². The van der Waals surface area contributed by atoms with Crippen LogP contribution in [0.15, 0.2) is 97.2 Å². The van der Waals surface area contributed by atoms with E-state index in [0.717, 1.165) is 34.5 Å². The fourth-order valence-electron chi connectivity index (χ4n) is 3.46. The minimum absolute atomic E-state index is 0.722. The van der Waals surface area contributed by atoms with Gasteiger partial charge >= 0.3 is 0 Å². The Hall–Kier alpha value is -3.43. The molecule has 0 unspecified atom stereocenters. The lowest BCUT2D eigenvalue weighted by molar-refractivity contribution is 0.785. The standard InChI is InChI=1S/C25H18ClN3/c26-22-14-8-18(9-15-22)17-29-16-4-7-23-25(29)28-24(27-23)21-12-10-20(11-13-21)19-5-2-1-3-6-19/h1-16H,17H2. The van der Waals surface area contributed by atoms with Gasteiger partial charge in [-0.05, 0) is 41.0 Å². The third-order valence-corrected chi connectivity index (χ3v) is 5.23. The van der Waals surface area contributed by atoms with Crippen LogP contribution in [-0.4, -0.2) is 14.5 Å². The number of pyridine rings is 1. The molecule has 0 N–H and O–H groups in total. The van der Waals surface area contributed by atoms with E-state index >= 15 is 0 Å². The van der Waals surface area contributed by atoms with Crippen LogP contribution in [0.4, 0.5) is 0 Å². The number of hydrogen-bond acceptors (Lipinski definition) is 2. The molecule has 2 aliphatic heterocycles. The van der Waals surface area contributed by atoms with Crippen LogP contribution < -0.4 is 0 Å². The third kappa shape index (κ3) is 3.65. The number of benzene rings is 3. The number of imidazole rings is 1. The van der Waals surface area contributed by atoms with E-state index in [-0.39, 0.29) is 0 Å². The Morgan fingerprint density at radius 3 is 2.10 bits per heavy atom. The van der Waals surface area contributed by atoms with Crippen LogP contribution in [0.5, 0.6) is 0 Å². The number of aromatic nitrogens is 3. The van der Waals surface area contributed by atoms with Crippen molar-refractivity contribution >= 4 is 11.6 Å². The second-order valence-electron chi connectivity index (χ2n) is 6.96. The van der Waals surface area contributed by atoms with E-state index in [2.05, 4.69) is 53.1 Å². The number of fused-ring (bicyclic) bond motifs is 1. The fourth-order valence-corrected chi connectivity index (χ4v) is 3.59. The lowest BCUT2D eigenvalue weighted by atomic mass is 10.0. The van der Waals surface area contributed by atoms with E-state index in [0.29, 0.717) is 0 Å². The molecule has 3 nitrogen and oxygen atoms in total. The van der Waals surface area contributed by atoms with Gasteiger partial charge in [-0.25, -0.2) is 9.97 Å². The molecule has 140 valence electrons. The molecule has 0 amide bonds. The van der Waals surface area contributed by atoms with Crippen molar-refractivity contribution < 1.29 is 0 Å². The predicted octanol–water partition coefficient (Wildman–Crippen LogP) is 6.42. The number of rotatable bonds is 4. The van der Waals surface area contributed by atoms with Crippen molar-refractivity contribution in [1.29, 1.82) is 0 Å². The average molecular weight is 396 g/mol. The highest BCUT2D eigenvalue weighted by Crippen LogP contribution is 2.27. The summed E-state index contributed by atoms with van der Waals surface area (Å²) in [4.78, 5) is 9.57. The van der Waals surface area contributed by atoms with Crippen LogP contribution >= 0.6 is 11.6 Å². The highest BCUT2D eigenvalue weighted by Gasteiger charge is 2.15. The lowest BCUT2D eigenvalue weighted by Crippen LogP contribution is -2.04. The van der Waals surface area contributed by atoms with Gasteiger partial charge in [0.1, 0.15) is 5.69 Å². The molecule has 2 aliphatic rings. The fraction of sp³-hybridized carbons (Fsp3) is 0.0400. The molecule has 2 heterocycles. The van der Waals surface area contributed by atoms with Gasteiger partial charge in [0.2, 0.25) is 0 Å². The van der Waals surface area contributed by atoms with E-state index in [4.69, 9.17) is 21.6 Å². The molecule has 0 fully saturated rings. The monoisotopic (exact) mass is 395 g/mol. The third-order valence-electron chi connectivity index (χ3n) is 4.98. The minimum atomic E-state index is 0.722. The summed E-state index contributed by atoms with van der Waals surface area (Å²) in [6.45, 7) is 0.722. The Balaban J connectivity index is 1.47. The van der Waals surface area contributed by atoms with E-state index in [9.17, 15) is 0 Å². The van der Waals surface area contributed by atoms with Crippen molar-refractivity contribution in [2.45, 2.75) is 6.54 Å². The first-order chi connectivity index (χ1) is 14.3. The van der Waals surface area contributed by atoms with E-state index in [1.165, 1.54) is 16.7 Å². The van der Waals surface area contributed by atoms with Gasteiger partial charge in [-0.1, -0.05) is 78.3 Å². The van der Waals surface area contributed by atoms with Crippen LogP contribution in [0.1, 0.15) is 5.56 Å². The molecule has 0 radical (unpaired) electrons. The number of hydrogen-bond donors (Lipinski definition) is 0. The summed E-state index contributed by atoms with van der Waals surface area (Å²) in [6, 6.07) is 30.7. The van der Waals surface area contributed by atoms with Crippen LogP contribution in [0.2, 0.25) is 5.02 Å². The molecule has 0 saturated carbocycles. The summed E-state index contributed by atoms with van der Waals surface area (Å²) in [7, 11) is 0. The Morgan fingerprint density at radius 1 is 0.655 bits per heavy atom. The maximum Gasteiger partial charge on any atom is 0.162 e. The van der Waals surface area contributed by atoms with Gasteiger partial charge in [0.05, 0.1) is 0 Å². The van der Waals surface area contributed by atoms with Gasteiger partial charge < -0.3 is 4.57 Å². The molecule has 5 rings (SSSR count). The molecule has 0 bridgehead atoms. The summed E-state index contributed by atoms with van der Waals surface area (Å²) >= 11 is 6.00. The Bertz CT molecular complexity index is 1210. The van der Waals surface area contributed by atoms with Crippen LogP contribution in [0.3, 0.4) is 0 Å². The predicted molar refractivity (Wildman–Crippen MR) is 118 cm³/mol.